The van der Waals surface area contributed by atoms with Crippen molar-refractivity contribution in [1.82, 2.24) is 20.9 Å². The van der Waals surface area contributed by atoms with Crippen LogP contribution in [0.5, 0.6) is 0 Å². The van der Waals surface area contributed by atoms with Crippen molar-refractivity contribution in [1.29, 1.82) is 0 Å². The molecule has 1 unspecified atom stereocenters. The molecule has 1 aliphatic rings. The van der Waals surface area contributed by atoms with Gasteiger partial charge in [-0.1, -0.05) is 44.5 Å². The van der Waals surface area contributed by atoms with Gasteiger partial charge in [0.15, 0.2) is 0 Å². The van der Waals surface area contributed by atoms with E-state index < -0.39 is 12.1 Å². The van der Waals surface area contributed by atoms with E-state index in [-0.39, 0.29) is 12.0 Å². The third kappa shape index (κ3) is 11.3. The normalized spacial score (nSPS) is 16.6. The fourth-order valence-electron chi connectivity index (χ4n) is 3.34. The number of aliphatic carboxylic acids is 1. The van der Waals surface area contributed by atoms with E-state index in [1.165, 1.54) is 5.56 Å². The zero-order valence-corrected chi connectivity index (χ0v) is 21.1. The minimum absolute atomic E-state index is 0.119. The molecule has 1 aromatic heterocycles. The Balaban J connectivity index is 0.000000604. The first kappa shape index (κ1) is 30.2. The lowest BCUT2D eigenvalue weighted by Gasteiger charge is -2.16. The number of amides is 1. The molecule has 0 saturated carbocycles. The van der Waals surface area contributed by atoms with Crippen molar-refractivity contribution in [3.8, 4) is 11.3 Å². The number of carboxylic acid groups (broad SMARTS) is 1. The Kier molecular flexibility index (Phi) is 12.5. The van der Waals surface area contributed by atoms with Crippen LogP contribution in [-0.4, -0.2) is 67.0 Å². The van der Waals surface area contributed by atoms with Gasteiger partial charge >= 0.3 is 12.1 Å². The summed E-state index contributed by atoms with van der Waals surface area (Å²) in [5.41, 5.74) is 3.46. The molecule has 204 valence electrons. The molecule has 1 saturated heterocycles. The first-order valence-corrected chi connectivity index (χ1v) is 12.3. The number of aromatic nitrogens is 1. The molecular formula is C26H35F3N4O4. The summed E-state index contributed by atoms with van der Waals surface area (Å²) in [4.78, 5) is 25.9. The molecule has 37 heavy (non-hydrogen) atoms. The maximum atomic E-state index is 12.4. The highest BCUT2D eigenvalue weighted by Crippen LogP contribution is 2.19. The van der Waals surface area contributed by atoms with Gasteiger partial charge < -0.3 is 25.8 Å². The predicted molar refractivity (Wildman–Crippen MR) is 134 cm³/mol. The minimum atomic E-state index is -5.08. The molecule has 8 nitrogen and oxygen atoms in total. The van der Waals surface area contributed by atoms with Crippen LogP contribution in [0.1, 0.15) is 42.7 Å². The quantitative estimate of drug-likeness (QED) is 0.396. The van der Waals surface area contributed by atoms with Crippen molar-refractivity contribution in [3.05, 3.63) is 53.7 Å². The number of hydrogen-bond acceptors (Lipinski definition) is 6. The highest BCUT2D eigenvalue weighted by Gasteiger charge is 2.38. The van der Waals surface area contributed by atoms with Gasteiger partial charge in [0.1, 0.15) is 5.69 Å². The molecule has 0 radical (unpaired) electrons. The lowest BCUT2D eigenvalue weighted by molar-refractivity contribution is -0.192. The Labute approximate surface area is 215 Å². The lowest BCUT2D eigenvalue weighted by atomic mass is 10.1. The van der Waals surface area contributed by atoms with E-state index in [0.717, 1.165) is 56.9 Å². The van der Waals surface area contributed by atoms with Gasteiger partial charge in [0.25, 0.3) is 5.91 Å². The maximum absolute atomic E-state index is 12.4. The number of nitrogens with zero attached hydrogens (tertiary/aromatic N) is 1. The van der Waals surface area contributed by atoms with Crippen LogP contribution >= 0.6 is 0 Å². The van der Waals surface area contributed by atoms with Gasteiger partial charge in [-0.25, -0.2) is 9.78 Å². The van der Waals surface area contributed by atoms with E-state index in [1.807, 2.05) is 24.3 Å². The second kappa shape index (κ2) is 15.3. The summed E-state index contributed by atoms with van der Waals surface area (Å²) < 4.78 is 37.6. The summed E-state index contributed by atoms with van der Waals surface area (Å²) in [6.45, 7) is 9.25. The minimum Gasteiger partial charge on any atom is -0.475 e. The maximum Gasteiger partial charge on any atom is 0.490 e. The fraction of sp³-hybridized carbons (Fsp3) is 0.500. The number of nitrogens with one attached hydrogen (secondary N) is 3. The topological polar surface area (TPSA) is 113 Å². The number of carboxylic acids is 1. The second-order valence-electron chi connectivity index (χ2n) is 8.82. The summed E-state index contributed by atoms with van der Waals surface area (Å²) >= 11 is 0. The third-order valence-corrected chi connectivity index (χ3v) is 5.68. The molecule has 2 heterocycles. The molecule has 1 amide bonds. The number of halogens is 3. The van der Waals surface area contributed by atoms with E-state index >= 15 is 0 Å². The van der Waals surface area contributed by atoms with Gasteiger partial charge in [-0.3, -0.25) is 4.79 Å². The van der Waals surface area contributed by atoms with Crippen molar-refractivity contribution in [2.24, 2.45) is 5.92 Å². The van der Waals surface area contributed by atoms with Gasteiger partial charge in [0.2, 0.25) is 0 Å². The first-order valence-electron chi connectivity index (χ1n) is 12.3. The monoisotopic (exact) mass is 524 g/mol. The molecule has 2 atom stereocenters. The second-order valence-corrected chi connectivity index (χ2v) is 8.82. The molecule has 1 aliphatic heterocycles. The highest BCUT2D eigenvalue weighted by molar-refractivity contribution is 5.92. The van der Waals surface area contributed by atoms with Gasteiger partial charge in [0, 0.05) is 38.3 Å². The lowest BCUT2D eigenvalue weighted by Crippen LogP contribution is -2.35. The van der Waals surface area contributed by atoms with Crippen molar-refractivity contribution < 1.29 is 32.6 Å². The number of carbonyl (C=O) groups is 2. The van der Waals surface area contributed by atoms with Crippen molar-refractivity contribution in [2.45, 2.75) is 45.5 Å². The van der Waals surface area contributed by atoms with Crippen LogP contribution in [0.15, 0.2) is 42.5 Å². The summed E-state index contributed by atoms with van der Waals surface area (Å²) in [7, 11) is 0. The van der Waals surface area contributed by atoms with Gasteiger partial charge in [-0.2, -0.15) is 13.2 Å². The molecule has 0 bridgehead atoms. The Morgan fingerprint density at radius 2 is 1.97 bits per heavy atom. The van der Waals surface area contributed by atoms with E-state index in [9.17, 15) is 18.0 Å². The fourth-order valence-corrected chi connectivity index (χ4v) is 3.34. The van der Waals surface area contributed by atoms with Crippen LogP contribution in [-0.2, 0) is 16.1 Å². The molecule has 1 aromatic carbocycles. The number of pyridine rings is 1. The summed E-state index contributed by atoms with van der Waals surface area (Å²) in [6, 6.07) is 13.9. The first-order chi connectivity index (χ1) is 17.6. The standard InChI is InChI=1S/C24H34N4O2.C2HF3O2/c1-3-18(2)14-27-24(29)23-10-5-9-22(28-23)20-8-4-7-19(13-20)15-26-17-21-16-25-11-6-12-30-21;3-2(4,5)1(6)7/h4-5,7-10,13,18,21,25-26H,3,6,11-12,14-17H2,1-2H3,(H,27,29);(H,6,7)/t18-,21?;/m0./s1. The number of hydrogen-bond donors (Lipinski definition) is 4. The number of ether oxygens (including phenoxy) is 1. The summed E-state index contributed by atoms with van der Waals surface area (Å²) in [5.74, 6) is -2.42. The molecule has 3 rings (SSSR count). The van der Waals surface area contributed by atoms with Crippen LogP contribution < -0.4 is 16.0 Å². The number of alkyl halides is 3. The Hall–Kier alpha value is -3.02. The van der Waals surface area contributed by atoms with Crippen LogP contribution in [0.2, 0.25) is 0 Å². The van der Waals surface area contributed by atoms with Crippen molar-refractivity contribution >= 4 is 11.9 Å². The van der Waals surface area contributed by atoms with Crippen LogP contribution in [0.25, 0.3) is 11.3 Å². The predicted octanol–water partition coefficient (Wildman–Crippen LogP) is 3.63. The SMILES string of the molecule is CC[C@H](C)CNC(=O)c1cccc(-c2cccc(CNCC3CNCCCO3)c2)n1.O=C(O)C(F)(F)F. The molecule has 4 N–H and O–H groups in total. The Morgan fingerprint density at radius 3 is 2.68 bits per heavy atom. The molecular weight excluding hydrogens is 489 g/mol. The van der Waals surface area contributed by atoms with Crippen LogP contribution in [0.3, 0.4) is 0 Å². The summed E-state index contributed by atoms with van der Waals surface area (Å²) in [5, 5.41) is 17.0. The summed E-state index contributed by atoms with van der Waals surface area (Å²) in [6.07, 6.45) is -2.76. The third-order valence-electron chi connectivity index (χ3n) is 5.68. The smallest absolute Gasteiger partial charge is 0.475 e. The van der Waals surface area contributed by atoms with E-state index in [2.05, 4.69) is 46.9 Å². The molecule has 2 aromatic rings. The van der Waals surface area contributed by atoms with E-state index in [0.29, 0.717) is 18.2 Å². The van der Waals surface area contributed by atoms with Crippen LogP contribution in [0, 0.1) is 5.92 Å². The molecule has 1 fully saturated rings. The average Bonchev–Trinajstić information content (AvgIpc) is 3.16. The molecule has 0 spiro atoms. The largest absolute Gasteiger partial charge is 0.490 e. The van der Waals surface area contributed by atoms with Gasteiger partial charge in [0.05, 0.1) is 11.8 Å². The average molecular weight is 525 g/mol. The highest BCUT2D eigenvalue weighted by atomic mass is 19.4. The van der Waals surface area contributed by atoms with Gasteiger partial charge in [-0.15, -0.1) is 0 Å². The van der Waals surface area contributed by atoms with Gasteiger partial charge in [-0.05, 0) is 42.6 Å². The Bertz CT molecular complexity index is 996. The number of carbonyl (C=O) groups excluding carboxylic acids is 1. The van der Waals surface area contributed by atoms with E-state index in [1.54, 1.807) is 6.07 Å². The Morgan fingerprint density at radius 1 is 1.24 bits per heavy atom. The molecule has 11 heteroatoms. The van der Waals surface area contributed by atoms with Crippen molar-refractivity contribution in [3.63, 3.8) is 0 Å². The van der Waals surface area contributed by atoms with E-state index in [4.69, 9.17) is 14.6 Å². The molecule has 0 aliphatic carbocycles. The van der Waals surface area contributed by atoms with Crippen molar-refractivity contribution in [2.75, 3.05) is 32.8 Å². The number of rotatable bonds is 9. The zero-order chi connectivity index (χ0) is 27.3. The zero-order valence-electron chi connectivity index (χ0n) is 21.1. The number of benzene rings is 1. The van der Waals surface area contributed by atoms with Crippen LogP contribution in [0.4, 0.5) is 13.2 Å².